The molecule has 0 fully saturated rings. The van der Waals surface area contributed by atoms with E-state index < -0.39 is 6.61 Å². The first kappa shape index (κ1) is 19.0. The number of thiazole rings is 1. The number of nitrogens with zero attached hydrogens (tertiary/aromatic N) is 2. The normalized spacial score (nSPS) is 12.2. The van der Waals surface area contributed by atoms with Gasteiger partial charge in [-0.15, -0.1) is 11.3 Å². The molecule has 1 atom stereocenters. The molecule has 0 bridgehead atoms. The highest BCUT2D eigenvalue weighted by Crippen LogP contribution is 2.32. The molecule has 0 unspecified atom stereocenters. The van der Waals surface area contributed by atoms with Crippen LogP contribution >= 0.6 is 11.3 Å². The number of amides is 1. The average molecular weight is 392 g/mol. The van der Waals surface area contributed by atoms with Crippen LogP contribution in [0.5, 0.6) is 11.5 Å². The monoisotopic (exact) mass is 392 g/mol. The predicted octanol–water partition coefficient (Wildman–Crippen LogP) is 4.74. The molecule has 3 rings (SSSR count). The highest BCUT2D eigenvalue weighted by molar-refractivity contribution is 7.18. The van der Waals surface area contributed by atoms with E-state index in [1.165, 1.54) is 36.6 Å². The van der Waals surface area contributed by atoms with Gasteiger partial charge < -0.3 is 14.4 Å². The lowest BCUT2D eigenvalue weighted by Gasteiger charge is -2.23. The van der Waals surface area contributed by atoms with Crippen LogP contribution in [0.25, 0.3) is 10.2 Å². The molecular formula is C19H18F2N2O3S. The van der Waals surface area contributed by atoms with Crippen LogP contribution in [-0.4, -0.2) is 36.6 Å². The van der Waals surface area contributed by atoms with Gasteiger partial charge in [0.05, 0.1) is 23.4 Å². The summed E-state index contributed by atoms with van der Waals surface area (Å²) >= 11 is 1.53. The van der Waals surface area contributed by atoms with Gasteiger partial charge in [-0.3, -0.25) is 4.79 Å². The average Bonchev–Trinajstić information content (AvgIpc) is 3.10. The molecule has 0 saturated heterocycles. The van der Waals surface area contributed by atoms with Gasteiger partial charge in [-0.1, -0.05) is 12.1 Å². The quantitative estimate of drug-likeness (QED) is 0.608. The second-order valence-corrected chi connectivity index (χ2v) is 6.92. The van der Waals surface area contributed by atoms with E-state index in [2.05, 4.69) is 9.72 Å². The maximum atomic E-state index is 12.8. The first-order valence-electron chi connectivity index (χ1n) is 8.16. The molecule has 1 heterocycles. The van der Waals surface area contributed by atoms with E-state index in [0.29, 0.717) is 5.56 Å². The minimum atomic E-state index is -2.97. The molecule has 0 N–H and O–H groups in total. The Morgan fingerprint density at radius 2 is 1.93 bits per heavy atom. The van der Waals surface area contributed by atoms with Crippen LogP contribution in [0.15, 0.2) is 42.5 Å². The zero-order valence-corrected chi connectivity index (χ0v) is 15.8. The summed E-state index contributed by atoms with van der Waals surface area (Å²) in [6.45, 7) is -1.08. The van der Waals surface area contributed by atoms with Crippen molar-refractivity contribution in [1.29, 1.82) is 0 Å². The van der Waals surface area contributed by atoms with Gasteiger partial charge in [0.25, 0.3) is 5.91 Å². The molecule has 3 aromatic rings. The van der Waals surface area contributed by atoms with Crippen molar-refractivity contribution in [3.8, 4) is 11.5 Å². The van der Waals surface area contributed by atoms with Gasteiger partial charge in [0, 0.05) is 12.6 Å². The van der Waals surface area contributed by atoms with Crippen molar-refractivity contribution < 1.29 is 23.0 Å². The Balaban J connectivity index is 1.83. The van der Waals surface area contributed by atoms with Crippen molar-refractivity contribution in [2.75, 3.05) is 14.2 Å². The number of alkyl halides is 2. The molecule has 8 heteroatoms. The number of benzene rings is 2. The predicted molar refractivity (Wildman–Crippen MR) is 99.8 cm³/mol. The number of halogens is 2. The van der Waals surface area contributed by atoms with E-state index in [0.717, 1.165) is 15.2 Å². The third-order valence-electron chi connectivity index (χ3n) is 4.20. The lowest BCUT2D eigenvalue weighted by molar-refractivity contribution is -0.0512. The summed E-state index contributed by atoms with van der Waals surface area (Å²) in [6, 6.07) is 11.6. The molecule has 142 valence electrons. The van der Waals surface area contributed by atoms with Gasteiger partial charge in [0.1, 0.15) is 5.01 Å². The summed E-state index contributed by atoms with van der Waals surface area (Å²) in [5, 5.41) is 0.816. The fourth-order valence-corrected chi connectivity index (χ4v) is 3.67. The second kappa shape index (κ2) is 7.87. The topological polar surface area (TPSA) is 51.7 Å². The number of carbonyl (C=O) groups excluding carboxylic acids is 1. The Morgan fingerprint density at radius 3 is 2.59 bits per heavy atom. The van der Waals surface area contributed by atoms with Crippen LogP contribution in [-0.2, 0) is 0 Å². The summed E-state index contributed by atoms with van der Waals surface area (Å²) in [7, 11) is 3.00. The van der Waals surface area contributed by atoms with E-state index in [9.17, 15) is 13.6 Å². The van der Waals surface area contributed by atoms with Gasteiger partial charge in [0.15, 0.2) is 11.5 Å². The van der Waals surface area contributed by atoms with Crippen LogP contribution in [0.4, 0.5) is 8.78 Å². The molecule has 5 nitrogen and oxygen atoms in total. The van der Waals surface area contributed by atoms with Gasteiger partial charge >= 0.3 is 6.61 Å². The summed E-state index contributed by atoms with van der Waals surface area (Å²) < 4.78 is 35.4. The molecule has 0 saturated carbocycles. The molecule has 1 amide bonds. The van der Waals surface area contributed by atoms with Crippen molar-refractivity contribution in [3.63, 3.8) is 0 Å². The number of hydrogen-bond donors (Lipinski definition) is 0. The molecule has 0 spiro atoms. The minimum Gasteiger partial charge on any atom is -0.493 e. The van der Waals surface area contributed by atoms with E-state index >= 15 is 0 Å². The fourth-order valence-electron chi connectivity index (χ4n) is 2.61. The number of aromatic nitrogens is 1. The summed E-state index contributed by atoms with van der Waals surface area (Å²) in [6.07, 6.45) is 0. The zero-order valence-electron chi connectivity index (χ0n) is 15.0. The smallest absolute Gasteiger partial charge is 0.387 e. The van der Waals surface area contributed by atoms with Crippen molar-refractivity contribution in [2.24, 2.45) is 0 Å². The van der Waals surface area contributed by atoms with Crippen molar-refractivity contribution in [1.82, 2.24) is 9.88 Å². The van der Waals surface area contributed by atoms with Crippen LogP contribution in [0.3, 0.4) is 0 Å². The maximum Gasteiger partial charge on any atom is 0.387 e. The highest BCUT2D eigenvalue weighted by atomic mass is 32.1. The van der Waals surface area contributed by atoms with E-state index in [1.54, 1.807) is 11.9 Å². The summed E-state index contributed by atoms with van der Waals surface area (Å²) in [5.74, 6) is -0.322. The van der Waals surface area contributed by atoms with E-state index in [1.807, 2.05) is 31.2 Å². The number of para-hydroxylation sites is 1. The highest BCUT2D eigenvalue weighted by Gasteiger charge is 2.23. The first-order chi connectivity index (χ1) is 12.9. The van der Waals surface area contributed by atoms with Gasteiger partial charge in [-0.05, 0) is 37.3 Å². The van der Waals surface area contributed by atoms with E-state index in [-0.39, 0.29) is 23.4 Å². The first-order valence-corrected chi connectivity index (χ1v) is 8.98. The lowest BCUT2D eigenvalue weighted by Crippen LogP contribution is -2.29. The van der Waals surface area contributed by atoms with Crippen molar-refractivity contribution in [2.45, 2.75) is 19.6 Å². The van der Waals surface area contributed by atoms with Crippen LogP contribution < -0.4 is 9.47 Å². The van der Waals surface area contributed by atoms with E-state index in [4.69, 9.17) is 4.74 Å². The standard InChI is InChI=1S/C19H18F2N2O3S/c1-11(17-22-13-6-4-5-7-16(13)27-17)23(2)18(24)12-8-9-14(26-19(20)21)15(10-12)25-3/h4-11,19H,1-3H3/t11-/m1/s1. The largest absolute Gasteiger partial charge is 0.493 e. The Kier molecular flexibility index (Phi) is 5.55. The third kappa shape index (κ3) is 4.00. The fraction of sp³-hybridized carbons (Fsp3) is 0.263. The molecule has 0 aliphatic rings. The molecule has 0 radical (unpaired) electrons. The van der Waals surface area contributed by atoms with Crippen LogP contribution in [0.1, 0.15) is 28.3 Å². The SMILES string of the molecule is COc1cc(C(=O)N(C)[C@H](C)c2nc3ccccc3s2)ccc1OC(F)F. The van der Waals surface area contributed by atoms with Gasteiger partial charge in [-0.2, -0.15) is 8.78 Å². The molecule has 2 aromatic carbocycles. The van der Waals surface area contributed by atoms with Crippen LogP contribution in [0, 0.1) is 0 Å². The summed E-state index contributed by atoms with van der Waals surface area (Å²) in [4.78, 5) is 19.0. The lowest BCUT2D eigenvalue weighted by atomic mass is 10.1. The summed E-state index contributed by atoms with van der Waals surface area (Å²) in [5.41, 5.74) is 1.20. The Bertz CT molecular complexity index is 928. The van der Waals surface area contributed by atoms with Gasteiger partial charge in [-0.25, -0.2) is 4.98 Å². The Morgan fingerprint density at radius 1 is 1.19 bits per heavy atom. The second-order valence-electron chi connectivity index (χ2n) is 5.86. The molecule has 0 aliphatic heterocycles. The maximum absolute atomic E-state index is 12.8. The third-order valence-corrected chi connectivity index (χ3v) is 5.40. The molecule has 27 heavy (non-hydrogen) atoms. The van der Waals surface area contributed by atoms with Gasteiger partial charge in [0.2, 0.25) is 0 Å². The Hall–Kier alpha value is -2.74. The van der Waals surface area contributed by atoms with Crippen molar-refractivity contribution >= 4 is 27.5 Å². The Labute approximate surface area is 159 Å². The van der Waals surface area contributed by atoms with Crippen LogP contribution in [0.2, 0.25) is 0 Å². The number of methoxy groups -OCH3 is 1. The van der Waals surface area contributed by atoms with Crippen molar-refractivity contribution in [3.05, 3.63) is 53.0 Å². The minimum absolute atomic E-state index is 0.0715. The number of fused-ring (bicyclic) bond motifs is 1. The number of ether oxygens (including phenoxy) is 2. The number of rotatable bonds is 6. The molecular weight excluding hydrogens is 374 g/mol. The molecule has 0 aliphatic carbocycles. The zero-order chi connectivity index (χ0) is 19.6. The number of hydrogen-bond acceptors (Lipinski definition) is 5. The molecule has 1 aromatic heterocycles. The number of carbonyl (C=O) groups is 1.